The number of hydrogen-bond acceptors (Lipinski definition) is 6. The van der Waals surface area contributed by atoms with Gasteiger partial charge in [0.15, 0.2) is 6.61 Å². The molecule has 2 amide bonds. The molecule has 1 aliphatic rings. The monoisotopic (exact) mass is 472 g/mol. The highest BCUT2D eigenvalue weighted by Crippen LogP contribution is 2.35. The molecule has 0 saturated carbocycles. The lowest BCUT2D eigenvalue weighted by Gasteiger charge is -2.29. The van der Waals surface area contributed by atoms with E-state index in [0.29, 0.717) is 16.4 Å². The quantitative estimate of drug-likeness (QED) is 0.551. The predicted molar refractivity (Wildman–Crippen MR) is 124 cm³/mol. The number of thiophene rings is 1. The minimum absolute atomic E-state index is 0.316. The molecule has 0 bridgehead atoms. The van der Waals surface area contributed by atoms with E-state index in [2.05, 4.69) is 5.32 Å². The van der Waals surface area contributed by atoms with E-state index in [9.17, 15) is 14.4 Å². The van der Waals surface area contributed by atoms with Crippen molar-refractivity contribution in [2.45, 2.75) is 12.8 Å². The van der Waals surface area contributed by atoms with Crippen molar-refractivity contribution in [2.24, 2.45) is 0 Å². The molecule has 32 heavy (non-hydrogen) atoms. The summed E-state index contributed by atoms with van der Waals surface area (Å²) in [6.07, 6.45) is 1.66. The molecule has 0 atom stereocenters. The van der Waals surface area contributed by atoms with E-state index in [4.69, 9.17) is 21.1 Å². The van der Waals surface area contributed by atoms with Crippen LogP contribution in [0.15, 0.2) is 42.5 Å². The largest absolute Gasteiger partial charge is 0.497 e. The Morgan fingerprint density at radius 1 is 1.19 bits per heavy atom. The Morgan fingerprint density at radius 2 is 2.00 bits per heavy atom. The summed E-state index contributed by atoms with van der Waals surface area (Å²) in [6, 6.07) is 13.0. The fraction of sp³-hybridized carbons (Fsp3) is 0.261. The highest BCUT2D eigenvalue weighted by Gasteiger charge is 2.24. The number of hydrogen-bond donors (Lipinski definition) is 1. The van der Waals surface area contributed by atoms with Gasteiger partial charge in [0.2, 0.25) is 0 Å². The van der Waals surface area contributed by atoms with Gasteiger partial charge in [0.1, 0.15) is 17.2 Å². The molecule has 0 saturated heterocycles. The molecule has 1 aliphatic heterocycles. The number of ether oxygens (including phenoxy) is 2. The molecule has 166 valence electrons. The van der Waals surface area contributed by atoms with Crippen LogP contribution >= 0.6 is 22.9 Å². The molecule has 0 aliphatic carbocycles. The number of carbonyl (C=O) groups excluding carboxylic acids is 3. The summed E-state index contributed by atoms with van der Waals surface area (Å²) < 4.78 is 11.2. The number of amides is 2. The Labute approximate surface area is 193 Å². The lowest BCUT2D eigenvalue weighted by molar-refractivity contribution is -0.146. The summed E-state index contributed by atoms with van der Waals surface area (Å²) >= 11 is 7.54. The first-order valence-electron chi connectivity index (χ1n) is 10.1. The van der Waals surface area contributed by atoms with Crippen LogP contribution in [0, 0.1) is 0 Å². The number of nitrogens with one attached hydrogen (secondary N) is 1. The standard InChI is InChI=1S/C23H21ClN2O5S/c1-30-15-8-9-17-14(11-15)5-4-10-26(17)19(27)13-31-20(28)12-25-23(29)22-21(24)16-6-2-3-7-18(16)32-22/h2-3,6-9,11H,4-5,10,12-13H2,1H3,(H,25,29). The lowest BCUT2D eigenvalue weighted by Crippen LogP contribution is -2.39. The van der Waals surface area contributed by atoms with E-state index in [1.165, 1.54) is 11.3 Å². The smallest absolute Gasteiger partial charge is 0.325 e. The molecule has 0 radical (unpaired) electrons. The van der Waals surface area contributed by atoms with Crippen molar-refractivity contribution in [1.82, 2.24) is 5.32 Å². The number of halogens is 1. The van der Waals surface area contributed by atoms with Crippen molar-refractivity contribution >= 4 is 56.5 Å². The first kappa shape index (κ1) is 22.1. The molecule has 7 nitrogen and oxygen atoms in total. The number of anilines is 1. The topological polar surface area (TPSA) is 84.9 Å². The zero-order valence-corrected chi connectivity index (χ0v) is 18.9. The van der Waals surface area contributed by atoms with Crippen LogP contribution in [0.4, 0.5) is 5.69 Å². The highest BCUT2D eigenvalue weighted by molar-refractivity contribution is 7.21. The Hall–Kier alpha value is -3.10. The highest BCUT2D eigenvalue weighted by atomic mass is 35.5. The van der Waals surface area contributed by atoms with Crippen LogP contribution in [0.1, 0.15) is 21.7 Å². The van der Waals surface area contributed by atoms with Crippen molar-refractivity contribution < 1.29 is 23.9 Å². The first-order valence-corrected chi connectivity index (χ1v) is 11.3. The second kappa shape index (κ2) is 9.58. The lowest BCUT2D eigenvalue weighted by atomic mass is 10.0. The van der Waals surface area contributed by atoms with Crippen molar-refractivity contribution in [3.05, 3.63) is 57.9 Å². The number of methoxy groups -OCH3 is 1. The van der Waals surface area contributed by atoms with Crippen LogP contribution in [-0.2, 0) is 20.7 Å². The van der Waals surface area contributed by atoms with Gasteiger partial charge < -0.3 is 19.7 Å². The molecule has 2 aromatic carbocycles. The summed E-state index contributed by atoms with van der Waals surface area (Å²) in [7, 11) is 1.60. The van der Waals surface area contributed by atoms with Crippen molar-refractivity contribution in [2.75, 3.05) is 31.7 Å². The van der Waals surface area contributed by atoms with Crippen LogP contribution in [0.3, 0.4) is 0 Å². The van der Waals surface area contributed by atoms with E-state index in [1.54, 1.807) is 18.1 Å². The first-order chi connectivity index (χ1) is 15.5. The van der Waals surface area contributed by atoms with Crippen LogP contribution < -0.4 is 15.0 Å². The van der Waals surface area contributed by atoms with Crippen molar-refractivity contribution in [3.63, 3.8) is 0 Å². The Kier molecular flexibility index (Phi) is 6.62. The fourth-order valence-electron chi connectivity index (χ4n) is 3.62. The number of aryl methyl sites for hydroxylation is 1. The third kappa shape index (κ3) is 4.56. The molecular weight excluding hydrogens is 452 g/mol. The van der Waals surface area contributed by atoms with Gasteiger partial charge in [-0.2, -0.15) is 0 Å². The number of benzene rings is 2. The molecule has 0 unspecified atom stereocenters. The van der Waals surface area contributed by atoms with Crippen LogP contribution in [-0.4, -0.2) is 44.6 Å². The number of esters is 1. The van der Waals surface area contributed by atoms with E-state index < -0.39 is 18.5 Å². The average molecular weight is 473 g/mol. The fourth-order valence-corrected chi connectivity index (χ4v) is 5.06. The molecule has 1 N–H and O–H groups in total. The zero-order chi connectivity index (χ0) is 22.7. The Morgan fingerprint density at radius 3 is 2.78 bits per heavy atom. The third-order valence-electron chi connectivity index (χ3n) is 5.20. The summed E-state index contributed by atoms with van der Waals surface area (Å²) in [5.41, 5.74) is 1.81. The van der Waals surface area contributed by atoms with Gasteiger partial charge in [-0.3, -0.25) is 14.4 Å². The predicted octanol–water partition coefficient (Wildman–Crippen LogP) is 3.82. The summed E-state index contributed by atoms with van der Waals surface area (Å²) in [5, 5.41) is 3.65. The summed E-state index contributed by atoms with van der Waals surface area (Å²) in [6.45, 7) is -0.203. The molecule has 0 fully saturated rings. The number of rotatable bonds is 6. The number of carbonyl (C=O) groups is 3. The molecule has 9 heteroatoms. The van der Waals surface area contributed by atoms with Crippen LogP contribution in [0.25, 0.3) is 10.1 Å². The van der Waals surface area contributed by atoms with Crippen LogP contribution in [0.2, 0.25) is 5.02 Å². The van der Waals surface area contributed by atoms with Crippen molar-refractivity contribution in [1.29, 1.82) is 0 Å². The summed E-state index contributed by atoms with van der Waals surface area (Å²) in [5.74, 6) is -0.739. The molecule has 4 rings (SSSR count). The van der Waals surface area contributed by atoms with Gasteiger partial charge in [-0.25, -0.2) is 0 Å². The maximum absolute atomic E-state index is 12.6. The van der Waals surface area contributed by atoms with Gasteiger partial charge in [-0.05, 0) is 42.7 Å². The molecule has 3 aromatic rings. The number of fused-ring (bicyclic) bond motifs is 2. The second-order valence-corrected chi connectivity index (χ2v) is 8.66. The van der Waals surface area contributed by atoms with E-state index >= 15 is 0 Å². The normalized spacial score (nSPS) is 12.9. The molecule has 2 heterocycles. The molecule has 1 aromatic heterocycles. The zero-order valence-electron chi connectivity index (χ0n) is 17.4. The SMILES string of the molecule is COc1ccc2c(c1)CCCN2C(=O)COC(=O)CNC(=O)c1sc2ccccc2c1Cl. The Bertz CT molecular complexity index is 1190. The molecule has 0 spiro atoms. The van der Waals surface area contributed by atoms with Gasteiger partial charge in [0, 0.05) is 22.3 Å². The molecular formula is C23H21ClN2O5S. The van der Waals surface area contributed by atoms with E-state index in [1.807, 2.05) is 36.4 Å². The van der Waals surface area contributed by atoms with Gasteiger partial charge in [-0.15, -0.1) is 11.3 Å². The van der Waals surface area contributed by atoms with E-state index in [-0.39, 0.29) is 12.5 Å². The van der Waals surface area contributed by atoms with Gasteiger partial charge >= 0.3 is 5.97 Å². The van der Waals surface area contributed by atoms with Crippen LogP contribution in [0.5, 0.6) is 5.75 Å². The summed E-state index contributed by atoms with van der Waals surface area (Å²) in [4.78, 5) is 39.1. The van der Waals surface area contributed by atoms with Gasteiger partial charge in [0.25, 0.3) is 11.8 Å². The van der Waals surface area contributed by atoms with Gasteiger partial charge in [-0.1, -0.05) is 29.8 Å². The Balaban J connectivity index is 1.31. The minimum Gasteiger partial charge on any atom is -0.497 e. The average Bonchev–Trinajstić information content (AvgIpc) is 3.16. The maximum atomic E-state index is 12.6. The maximum Gasteiger partial charge on any atom is 0.325 e. The van der Waals surface area contributed by atoms with Crippen molar-refractivity contribution in [3.8, 4) is 5.75 Å². The number of nitrogens with zero attached hydrogens (tertiary/aromatic N) is 1. The third-order valence-corrected chi connectivity index (χ3v) is 6.87. The van der Waals surface area contributed by atoms with Gasteiger partial charge in [0.05, 0.1) is 12.1 Å². The second-order valence-electron chi connectivity index (χ2n) is 7.23. The van der Waals surface area contributed by atoms with E-state index in [0.717, 1.165) is 39.9 Å². The minimum atomic E-state index is -0.698.